The third kappa shape index (κ3) is 3.77. The zero-order valence-electron chi connectivity index (χ0n) is 9.85. The quantitative estimate of drug-likeness (QED) is 0.784. The van der Waals surface area contributed by atoms with E-state index in [0.717, 1.165) is 12.4 Å². The van der Waals surface area contributed by atoms with Crippen LogP contribution in [0.2, 0.25) is 5.82 Å². The number of nitrogens with zero attached hydrogens (tertiary/aromatic N) is 1. The fourth-order valence-corrected chi connectivity index (χ4v) is 1.28. The summed E-state index contributed by atoms with van der Waals surface area (Å²) in [6.45, 7) is 2.38. The maximum Gasteiger partial charge on any atom is 0.219 e. The molecular formula is C12H15BN2O2. The van der Waals surface area contributed by atoms with Crippen molar-refractivity contribution in [1.29, 1.82) is 0 Å². The molecule has 0 bridgehead atoms. The van der Waals surface area contributed by atoms with Gasteiger partial charge in [0.1, 0.15) is 11.6 Å². The van der Waals surface area contributed by atoms with Crippen molar-refractivity contribution in [3.63, 3.8) is 0 Å². The van der Waals surface area contributed by atoms with Gasteiger partial charge in [-0.25, -0.2) is 4.98 Å². The summed E-state index contributed by atoms with van der Waals surface area (Å²) in [5.74, 6) is 1.15. The Balaban J connectivity index is 1.85. The normalized spacial score (nSPS) is 16.3. The van der Waals surface area contributed by atoms with Crippen molar-refractivity contribution < 1.29 is 9.53 Å². The van der Waals surface area contributed by atoms with Crippen LogP contribution in [0.1, 0.15) is 19.8 Å². The average molecular weight is 230 g/mol. The Morgan fingerprint density at radius 3 is 2.94 bits per heavy atom. The molecule has 4 nitrogen and oxygen atoms in total. The fourth-order valence-electron chi connectivity index (χ4n) is 1.28. The Morgan fingerprint density at radius 1 is 1.65 bits per heavy atom. The third-order valence-electron chi connectivity index (χ3n) is 2.58. The second kappa shape index (κ2) is 5.21. The summed E-state index contributed by atoms with van der Waals surface area (Å²) < 4.78 is 5.54. The van der Waals surface area contributed by atoms with Gasteiger partial charge in [0, 0.05) is 0 Å². The minimum Gasteiger partial charge on any atom is -0.492 e. The molecular weight excluding hydrogens is 215 g/mol. The van der Waals surface area contributed by atoms with Gasteiger partial charge in [0.25, 0.3) is 0 Å². The lowest BCUT2D eigenvalue weighted by Gasteiger charge is -2.08. The molecule has 1 unspecified atom stereocenters. The van der Waals surface area contributed by atoms with E-state index in [4.69, 9.17) is 12.6 Å². The standard InChI is InChI=1S/C12H15BN2O2/c1-8(13)12(16)15-11-5-4-10(6-14-11)17-7-9-2-3-9/h4-6,8-9H,2-3,7H2,1H3,(H,14,15,16). The lowest BCUT2D eigenvalue weighted by atomic mass is 9.89. The highest BCUT2D eigenvalue weighted by atomic mass is 16.5. The highest BCUT2D eigenvalue weighted by Crippen LogP contribution is 2.29. The molecule has 1 N–H and O–H groups in total. The molecule has 0 aromatic carbocycles. The van der Waals surface area contributed by atoms with Crippen LogP contribution in [0.15, 0.2) is 18.3 Å². The first kappa shape index (κ1) is 12.0. The summed E-state index contributed by atoms with van der Waals surface area (Å²) in [6, 6.07) is 3.51. The molecule has 88 valence electrons. The molecule has 0 saturated heterocycles. The first-order valence-corrected chi connectivity index (χ1v) is 5.80. The maximum absolute atomic E-state index is 11.3. The third-order valence-corrected chi connectivity index (χ3v) is 2.58. The SMILES string of the molecule is [B]C(C)C(=O)Nc1ccc(OCC2CC2)cn1. The maximum atomic E-state index is 11.3. The van der Waals surface area contributed by atoms with E-state index in [-0.39, 0.29) is 5.91 Å². The van der Waals surface area contributed by atoms with E-state index < -0.39 is 5.82 Å². The van der Waals surface area contributed by atoms with Crippen LogP contribution in [-0.4, -0.2) is 25.3 Å². The lowest BCUT2D eigenvalue weighted by Crippen LogP contribution is -2.16. The summed E-state index contributed by atoms with van der Waals surface area (Å²) in [7, 11) is 5.44. The highest BCUT2D eigenvalue weighted by molar-refractivity contribution is 6.25. The molecule has 2 rings (SSSR count). The molecule has 1 aromatic rings. The van der Waals surface area contributed by atoms with Gasteiger partial charge in [-0.05, 0) is 36.7 Å². The molecule has 1 aliphatic rings. The smallest absolute Gasteiger partial charge is 0.219 e. The average Bonchev–Trinajstić information content (AvgIpc) is 3.12. The number of hydrogen-bond donors (Lipinski definition) is 1. The Hall–Kier alpha value is -1.52. The van der Waals surface area contributed by atoms with Crippen LogP contribution in [0.3, 0.4) is 0 Å². The summed E-state index contributed by atoms with van der Waals surface area (Å²) in [5.41, 5.74) is 0. The van der Waals surface area contributed by atoms with Gasteiger partial charge in [0.2, 0.25) is 5.91 Å². The van der Waals surface area contributed by atoms with Gasteiger partial charge in [-0.3, -0.25) is 4.79 Å². The number of carbonyl (C=O) groups excluding carboxylic acids is 1. The topological polar surface area (TPSA) is 51.2 Å². The van der Waals surface area contributed by atoms with E-state index in [1.165, 1.54) is 12.8 Å². The summed E-state index contributed by atoms with van der Waals surface area (Å²) in [6.07, 6.45) is 4.13. The number of nitrogens with one attached hydrogen (secondary N) is 1. The number of hydrogen-bond acceptors (Lipinski definition) is 3. The van der Waals surface area contributed by atoms with Crippen LogP contribution in [0.4, 0.5) is 5.82 Å². The molecule has 1 heterocycles. The van der Waals surface area contributed by atoms with Gasteiger partial charge in [-0.1, -0.05) is 6.92 Å². The van der Waals surface area contributed by atoms with Crippen LogP contribution in [0.5, 0.6) is 5.75 Å². The minimum atomic E-state index is -0.539. The van der Waals surface area contributed by atoms with E-state index in [2.05, 4.69) is 10.3 Å². The molecule has 0 aliphatic heterocycles. The van der Waals surface area contributed by atoms with Crippen molar-refractivity contribution in [2.45, 2.75) is 25.6 Å². The summed E-state index contributed by atoms with van der Waals surface area (Å²) in [4.78, 5) is 15.4. The predicted octanol–water partition coefficient (Wildman–Crippen LogP) is 1.79. The number of rotatable bonds is 5. The predicted molar refractivity (Wildman–Crippen MR) is 66.3 cm³/mol. The lowest BCUT2D eigenvalue weighted by molar-refractivity contribution is -0.115. The van der Waals surface area contributed by atoms with Crippen LogP contribution < -0.4 is 10.1 Å². The Morgan fingerprint density at radius 2 is 2.41 bits per heavy atom. The van der Waals surface area contributed by atoms with Crippen LogP contribution in [-0.2, 0) is 4.79 Å². The number of ether oxygens (including phenoxy) is 1. The largest absolute Gasteiger partial charge is 0.492 e. The minimum absolute atomic E-state index is 0.246. The van der Waals surface area contributed by atoms with Crippen molar-refractivity contribution in [2.75, 3.05) is 11.9 Å². The molecule has 1 amide bonds. The first-order chi connectivity index (χ1) is 8.15. The molecule has 0 spiro atoms. The number of carbonyl (C=O) groups is 1. The van der Waals surface area contributed by atoms with E-state index in [0.29, 0.717) is 11.7 Å². The van der Waals surface area contributed by atoms with Crippen molar-refractivity contribution >= 4 is 19.6 Å². The molecule has 1 saturated carbocycles. The first-order valence-electron chi connectivity index (χ1n) is 5.80. The van der Waals surface area contributed by atoms with Gasteiger partial charge >= 0.3 is 0 Å². The van der Waals surface area contributed by atoms with Crippen LogP contribution >= 0.6 is 0 Å². The van der Waals surface area contributed by atoms with Crippen molar-refractivity contribution in [3.8, 4) is 5.75 Å². The molecule has 1 aromatic heterocycles. The Kier molecular flexibility index (Phi) is 3.66. The molecule has 2 radical (unpaired) electrons. The van der Waals surface area contributed by atoms with Gasteiger partial charge in [-0.2, -0.15) is 0 Å². The molecule has 1 aliphatic carbocycles. The zero-order valence-corrected chi connectivity index (χ0v) is 9.85. The fraction of sp³-hybridized carbons (Fsp3) is 0.500. The Labute approximate surface area is 102 Å². The van der Waals surface area contributed by atoms with Gasteiger partial charge in [-0.15, -0.1) is 0 Å². The van der Waals surface area contributed by atoms with E-state index >= 15 is 0 Å². The number of amides is 1. The van der Waals surface area contributed by atoms with E-state index in [1.54, 1.807) is 25.3 Å². The second-order valence-electron chi connectivity index (χ2n) is 4.41. The molecule has 17 heavy (non-hydrogen) atoms. The zero-order chi connectivity index (χ0) is 12.3. The highest BCUT2D eigenvalue weighted by Gasteiger charge is 2.21. The number of pyridine rings is 1. The van der Waals surface area contributed by atoms with E-state index in [9.17, 15) is 4.79 Å². The van der Waals surface area contributed by atoms with Crippen molar-refractivity contribution in [2.24, 2.45) is 5.92 Å². The van der Waals surface area contributed by atoms with Gasteiger partial charge < -0.3 is 10.1 Å². The van der Waals surface area contributed by atoms with E-state index in [1.807, 2.05) is 0 Å². The van der Waals surface area contributed by atoms with Crippen LogP contribution in [0.25, 0.3) is 0 Å². The molecule has 1 fully saturated rings. The number of anilines is 1. The second-order valence-corrected chi connectivity index (χ2v) is 4.41. The molecule has 1 atom stereocenters. The van der Waals surface area contributed by atoms with Gasteiger partial charge in [0.15, 0.2) is 0 Å². The van der Waals surface area contributed by atoms with Crippen molar-refractivity contribution in [1.82, 2.24) is 4.98 Å². The number of aromatic nitrogens is 1. The van der Waals surface area contributed by atoms with Crippen molar-refractivity contribution in [3.05, 3.63) is 18.3 Å². The van der Waals surface area contributed by atoms with Crippen LogP contribution in [0, 0.1) is 5.92 Å². The van der Waals surface area contributed by atoms with Gasteiger partial charge in [0.05, 0.1) is 20.7 Å². The monoisotopic (exact) mass is 230 g/mol. The Bertz CT molecular complexity index is 388. The summed E-state index contributed by atoms with van der Waals surface area (Å²) in [5, 5.41) is 2.62. The molecule has 5 heteroatoms. The summed E-state index contributed by atoms with van der Waals surface area (Å²) >= 11 is 0.